The highest BCUT2D eigenvalue weighted by Crippen LogP contribution is 2.47. The number of fused-ring (bicyclic) bond motifs is 4. The molecule has 0 saturated heterocycles. The molecule has 4 aliphatic rings. The molecule has 43 heavy (non-hydrogen) atoms. The molecular weight excluding hydrogens is 588 g/mol. The van der Waals surface area contributed by atoms with Crippen LogP contribution in [-0.4, -0.2) is 61.7 Å². The third-order valence-corrected chi connectivity index (χ3v) is 12.5. The van der Waals surface area contributed by atoms with E-state index in [0.29, 0.717) is 36.0 Å². The van der Waals surface area contributed by atoms with Gasteiger partial charge in [-0.15, -0.1) is 0 Å². The van der Waals surface area contributed by atoms with E-state index >= 15 is 0 Å². The Morgan fingerprint density at radius 2 is 1.95 bits per heavy atom. The summed E-state index contributed by atoms with van der Waals surface area (Å²) in [6.45, 7) is 7.71. The van der Waals surface area contributed by atoms with Gasteiger partial charge < -0.3 is 19.8 Å². The maximum atomic E-state index is 13.4. The molecule has 0 unspecified atom stereocenters. The van der Waals surface area contributed by atoms with Gasteiger partial charge in [0.2, 0.25) is 10.0 Å². The molecule has 2 aromatic rings. The number of aliphatic hydroxyl groups excluding tert-OH is 2. The smallest absolute Gasteiger partial charge is 0.264 e. The van der Waals surface area contributed by atoms with Gasteiger partial charge in [-0.05, 0) is 110 Å². The van der Waals surface area contributed by atoms with Crippen LogP contribution in [0.2, 0.25) is 5.02 Å². The topological polar surface area (TPSA) is 116 Å². The summed E-state index contributed by atoms with van der Waals surface area (Å²) in [5.74, 6) is 0.172. The zero-order chi connectivity index (χ0) is 30.5. The summed E-state index contributed by atoms with van der Waals surface area (Å²) in [5, 5.41) is 21.7. The second-order valence-corrected chi connectivity index (χ2v) is 15.3. The van der Waals surface area contributed by atoms with Gasteiger partial charge in [-0.1, -0.05) is 31.2 Å². The minimum absolute atomic E-state index is 0.0239. The molecule has 0 radical (unpaired) electrons. The predicted molar refractivity (Wildman–Crippen MR) is 167 cm³/mol. The van der Waals surface area contributed by atoms with Crippen LogP contribution in [-0.2, 0) is 21.9 Å². The Bertz CT molecular complexity index is 1530. The number of amides is 1. The van der Waals surface area contributed by atoms with Gasteiger partial charge in [-0.3, -0.25) is 4.79 Å². The quantitative estimate of drug-likeness (QED) is 0.390. The number of nitrogens with one attached hydrogen (secondary N) is 1. The molecule has 2 aliphatic carbocycles. The molecule has 232 valence electrons. The number of sulfonamides is 1. The first-order chi connectivity index (χ1) is 20.5. The summed E-state index contributed by atoms with van der Waals surface area (Å²) < 4.78 is 35.3. The number of carbonyl (C=O) groups excluding carboxylic acids is 1. The maximum absolute atomic E-state index is 13.4. The largest absolute Gasteiger partial charge is 0.490 e. The van der Waals surface area contributed by atoms with E-state index in [1.807, 2.05) is 6.07 Å². The zero-order valence-electron chi connectivity index (χ0n) is 24.6. The van der Waals surface area contributed by atoms with Crippen molar-refractivity contribution < 1.29 is 28.2 Å². The number of aryl methyl sites for hydroxylation is 1. The van der Waals surface area contributed by atoms with Crippen LogP contribution in [0.25, 0.3) is 0 Å². The van der Waals surface area contributed by atoms with Crippen molar-refractivity contribution in [2.45, 2.75) is 81.2 Å². The molecule has 1 saturated carbocycles. The summed E-state index contributed by atoms with van der Waals surface area (Å²) in [5.41, 5.74) is 3.75. The number of hydrogen-bond acceptors (Lipinski definition) is 7. The average Bonchev–Trinajstić information content (AvgIpc) is 3.11. The fraction of sp³-hybridized carbons (Fsp3) is 0.545. The average molecular weight is 629 g/mol. The highest BCUT2D eigenvalue weighted by molar-refractivity contribution is 7.90. The molecule has 2 aromatic carbocycles. The van der Waals surface area contributed by atoms with Gasteiger partial charge in [0.15, 0.2) is 0 Å². The van der Waals surface area contributed by atoms with E-state index in [0.717, 1.165) is 37.8 Å². The van der Waals surface area contributed by atoms with Crippen molar-refractivity contribution >= 4 is 33.2 Å². The third-order valence-electron chi connectivity index (χ3n) is 10.3. The van der Waals surface area contributed by atoms with E-state index in [1.165, 1.54) is 11.1 Å². The molecule has 10 heteroatoms. The van der Waals surface area contributed by atoms with Gasteiger partial charge >= 0.3 is 0 Å². The molecule has 0 aromatic heterocycles. The van der Waals surface area contributed by atoms with Crippen molar-refractivity contribution in [3.63, 3.8) is 0 Å². The van der Waals surface area contributed by atoms with Crippen LogP contribution in [0.4, 0.5) is 5.69 Å². The van der Waals surface area contributed by atoms with Crippen molar-refractivity contribution in [2.75, 3.05) is 24.6 Å². The lowest BCUT2D eigenvalue weighted by atomic mass is 9.67. The zero-order valence-corrected chi connectivity index (χ0v) is 26.2. The van der Waals surface area contributed by atoms with Crippen molar-refractivity contribution in [3.05, 3.63) is 70.3 Å². The second kappa shape index (κ2) is 11.7. The number of hydrogen-bond donors (Lipinski definition) is 3. The van der Waals surface area contributed by atoms with Gasteiger partial charge in [-0.2, -0.15) is 0 Å². The van der Waals surface area contributed by atoms with E-state index in [2.05, 4.69) is 28.3 Å². The number of nitrogens with zero attached hydrogens (tertiary/aromatic N) is 1. The highest BCUT2D eigenvalue weighted by atomic mass is 35.5. The molecular formula is C33H41ClN2O6S. The molecule has 3 N–H and O–H groups in total. The number of ether oxygens (including phenoxy) is 1. The van der Waals surface area contributed by atoms with E-state index < -0.39 is 33.4 Å². The fourth-order valence-electron chi connectivity index (χ4n) is 7.65. The van der Waals surface area contributed by atoms with Crippen molar-refractivity contribution in [2.24, 2.45) is 11.8 Å². The third kappa shape index (κ3) is 5.70. The second-order valence-electron chi connectivity index (χ2n) is 12.9. The minimum Gasteiger partial charge on any atom is -0.490 e. The molecule has 1 spiro atoms. The van der Waals surface area contributed by atoms with Gasteiger partial charge in [-0.25, -0.2) is 13.1 Å². The molecule has 1 amide bonds. The Morgan fingerprint density at radius 3 is 2.70 bits per heavy atom. The maximum Gasteiger partial charge on any atom is 0.264 e. The van der Waals surface area contributed by atoms with Gasteiger partial charge in [0.25, 0.3) is 5.91 Å². The fourth-order valence-corrected chi connectivity index (χ4v) is 9.27. The number of anilines is 1. The monoisotopic (exact) mass is 628 g/mol. The van der Waals surface area contributed by atoms with Crippen LogP contribution in [0, 0.1) is 11.8 Å². The Balaban J connectivity index is 1.43. The Kier molecular flexibility index (Phi) is 8.30. The summed E-state index contributed by atoms with van der Waals surface area (Å²) in [4.78, 5) is 15.7. The standard InChI is InChI=1S/C33H41ClN2O6S/c1-3-25-9-12-29(37)31(38)20(2)26-10-6-23(26)17-36-18-33(14-4-5-21-15-24(34)8-11-27(21)33)19-42-30-13-7-22(16-28(30)36)32(39)35-43(25,40)41/h7-8,11,13,15-16,23,25-26,29,31,37-38H,2-6,9-10,12,14,17-19H2,1H3,(H,35,39)/t23-,25+,26-,29+,31+,33-/m0/s1. The highest BCUT2D eigenvalue weighted by Gasteiger charge is 2.44. The normalized spacial score (nSPS) is 32.5. The Labute approximate surface area is 259 Å². The van der Waals surface area contributed by atoms with E-state index in [9.17, 15) is 23.4 Å². The molecule has 2 bridgehead atoms. The van der Waals surface area contributed by atoms with Gasteiger partial charge in [0.05, 0.1) is 23.6 Å². The number of halogens is 1. The lowest BCUT2D eigenvalue weighted by molar-refractivity contribution is 0.0203. The summed E-state index contributed by atoms with van der Waals surface area (Å²) >= 11 is 6.38. The van der Waals surface area contributed by atoms with Gasteiger partial charge in [0, 0.05) is 29.1 Å². The molecule has 6 rings (SSSR count). The van der Waals surface area contributed by atoms with Crippen LogP contribution in [0.5, 0.6) is 5.75 Å². The lowest BCUT2D eigenvalue weighted by Gasteiger charge is -2.46. The summed E-state index contributed by atoms with van der Waals surface area (Å²) in [6.07, 6.45) is 2.87. The Hall–Kier alpha value is -2.59. The predicted octanol–water partition coefficient (Wildman–Crippen LogP) is 4.75. The lowest BCUT2D eigenvalue weighted by Crippen LogP contribution is -2.49. The number of benzene rings is 2. The van der Waals surface area contributed by atoms with E-state index in [-0.39, 0.29) is 42.1 Å². The molecule has 6 atom stereocenters. The Morgan fingerprint density at radius 1 is 1.14 bits per heavy atom. The van der Waals surface area contributed by atoms with Crippen molar-refractivity contribution in [1.82, 2.24) is 4.72 Å². The van der Waals surface area contributed by atoms with Crippen LogP contribution in [0.3, 0.4) is 0 Å². The molecule has 2 aliphatic heterocycles. The molecule has 8 nitrogen and oxygen atoms in total. The van der Waals surface area contributed by atoms with Crippen molar-refractivity contribution in [3.8, 4) is 5.75 Å². The minimum atomic E-state index is -4.03. The number of aliphatic hydroxyl groups is 2. The number of carbonyl (C=O) groups is 1. The van der Waals surface area contributed by atoms with Crippen LogP contribution in [0.1, 0.15) is 73.4 Å². The first-order valence-corrected chi connectivity index (χ1v) is 17.4. The van der Waals surface area contributed by atoms with E-state index in [4.69, 9.17) is 16.3 Å². The van der Waals surface area contributed by atoms with E-state index in [1.54, 1.807) is 25.1 Å². The summed E-state index contributed by atoms with van der Waals surface area (Å²) in [7, 11) is -4.03. The van der Waals surface area contributed by atoms with Crippen LogP contribution < -0.4 is 14.4 Å². The van der Waals surface area contributed by atoms with Gasteiger partial charge in [0.1, 0.15) is 11.9 Å². The van der Waals surface area contributed by atoms with Crippen molar-refractivity contribution in [1.29, 1.82) is 0 Å². The SMILES string of the molecule is C=C1[C@@H](O)[C@H](O)CC[C@@H](CC)S(=O)(=O)NC(=O)c2ccc3c(c2)N(C[C@@H]2CC[C@@H]12)C[C@@]1(CCCc2cc(Cl)ccc21)CO3. The number of rotatable bonds is 1. The molecule has 1 fully saturated rings. The first-order valence-electron chi connectivity index (χ1n) is 15.4. The van der Waals surface area contributed by atoms with Crippen LogP contribution in [0.15, 0.2) is 48.6 Å². The summed E-state index contributed by atoms with van der Waals surface area (Å²) in [6, 6.07) is 11.2. The van der Waals surface area contributed by atoms with Crippen LogP contribution >= 0.6 is 11.6 Å². The first kappa shape index (κ1) is 30.4. The molecule has 2 heterocycles.